The smallest absolute Gasteiger partial charge is 0.291 e. The van der Waals surface area contributed by atoms with Crippen LogP contribution in [-0.4, -0.2) is 42.9 Å². The first-order valence-electron chi connectivity index (χ1n) is 9.40. The molecule has 0 spiro atoms. The second kappa shape index (κ2) is 10.6. The predicted octanol–water partition coefficient (Wildman–Crippen LogP) is 3.45. The van der Waals surface area contributed by atoms with E-state index in [1.54, 1.807) is 56.7 Å². The lowest BCUT2D eigenvalue weighted by atomic mass is 10.2. The molecule has 31 heavy (non-hydrogen) atoms. The van der Waals surface area contributed by atoms with Gasteiger partial charge in [0.05, 0.1) is 39.4 Å². The fourth-order valence-corrected chi connectivity index (χ4v) is 2.52. The molecule has 0 fully saturated rings. The average Bonchev–Trinajstić information content (AvgIpc) is 2.80. The number of ether oxygens (including phenoxy) is 4. The third-order valence-electron chi connectivity index (χ3n) is 3.96. The third kappa shape index (κ3) is 6.17. The number of nitrogens with zero attached hydrogens (tertiary/aromatic N) is 3. The van der Waals surface area contributed by atoms with Crippen LogP contribution in [0.1, 0.15) is 23.0 Å². The summed E-state index contributed by atoms with van der Waals surface area (Å²) in [5.41, 5.74) is 3.16. The lowest BCUT2D eigenvalue weighted by Gasteiger charge is -2.07. The Hall–Kier alpha value is -4.14. The van der Waals surface area contributed by atoms with Crippen LogP contribution < -0.4 is 24.4 Å². The summed E-state index contributed by atoms with van der Waals surface area (Å²) in [6.07, 6.45) is 4.21. The lowest BCUT2D eigenvalue weighted by molar-refractivity contribution is 0.0949. The van der Waals surface area contributed by atoms with Crippen molar-refractivity contribution in [3.63, 3.8) is 0 Å². The maximum absolute atomic E-state index is 12.4. The molecule has 1 amide bonds. The molecule has 0 saturated heterocycles. The van der Waals surface area contributed by atoms with Gasteiger partial charge in [0.15, 0.2) is 5.69 Å². The molecule has 9 nitrogen and oxygen atoms in total. The minimum atomic E-state index is -0.532. The molecular weight excluding hydrogens is 400 g/mol. The highest BCUT2D eigenvalue weighted by Gasteiger charge is 2.09. The Morgan fingerprint density at radius 1 is 1.00 bits per heavy atom. The van der Waals surface area contributed by atoms with Gasteiger partial charge in [0.25, 0.3) is 5.91 Å². The fraction of sp³-hybridized carbons (Fsp3) is 0.182. The topological polar surface area (TPSA) is 104 Å². The van der Waals surface area contributed by atoms with E-state index < -0.39 is 5.91 Å². The molecule has 0 bridgehead atoms. The van der Waals surface area contributed by atoms with Gasteiger partial charge in [-0.05, 0) is 43.3 Å². The Labute approximate surface area is 179 Å². The van der Waals surface area contributed by atoms with Crippen LogP contribution in [0.25, 0.3) is 0 Å². The van der Waals surface area contributed by atoms with Crippen LogP contribution in [-0.2, 0) is 0 Å². The number of nitrogens with one attached hydrogen (secondary N) is 1. The molecule has 0 radical (unpaired) electrons. The van der Waals surface area contributed by atoms with Crippen molar-refractivity contribution in [2.24, 2.45) is 5.10 Å². The van der Waals surface area contributed by atoms with Crippen LogP contribution in [0, 0.1) is 0 Å². The van der Waals surface area contributed by atoms with E-state index in [0.29, 0.717) is 29.4 Å². The van der Waals surface area contributed by atoms with E-state index in [1.165, 1.54) is 18.6 Å². The Bertz CT molecular complexity index is 1030. The SMILES string of the molecule is CCOc1ccc(Oc2cncc(C(=O)NN=Cc3cc(OC)cc(OC)c3)n2)cc1. The summed E-state index contributed by atoms with van der Waals surface area (Å²) in [7, 11) is 3.11. The first-order chi connectivity index (χ1) is 15.1. The first-order valence-corrected chi connectivity index (χ1v) is 9.40. The van der Waals surface area contributed by atoms with Gasteiger partial charge in [0.1, 0.15) is 23.0 Å². The van der Waals surface area contributed by atoms with E-state index in [4.69, 9.17) is 18.9 Å². The van der Waals surface area contributed by atoms with Gasteiger partial charge in [-0.2, -0.15) is 5.10 Å². The summed E-state index contributed by atoms with van der Waals surface area (Å²) >= 11 is 0. The van der Waals surface area contributed by atoms with Crippen molar-refractivity contribution in [2.45, 2.75) is 6.92 Å². The van der Waals surface area contributed by atoms with Gasteiger partial charge in [-0.15, -0.1) is 0 Å². The third-order valence-corrected chi connectivity index (χ3v) is 3.96. The summed E-state index contributed by atoms with van der Waals surface area (Å²) in [6, 6.07) is 12.3. The summed E-state index contributed by atoms with van der Waals surface area (Å²) in [5.74, 6) is 2.14. The zero-order chi connectivity index (χ0) is 22.1. The molecule has 1 aromatic heterocycles. The molecule has 9 heteroatoms. The number of benzene rings is 2. The molecule has 0 saturated carbocycles. The number of hydrogen-bond acceptors (Lipinski definition) is 8. The molecule has 160 valence electrons. The van der Waals surface area contributed by atoms with E-state index in [0.717, 1.165) is 5.75 Å². The molecule has 0 aliphatic carbocycles. The van der Waals surface area contributed by atoms with Crippen molar-refractivity contribution in [3.05, 3.63) is 66.1 Å². The molecule has 3 aromatic rings. The first kappa shape index (κ1) is 21.6. The van der Waals surface area contributed by atoms with E-state index in [-0.39, 0.29) is 11.6 Å². The summed E-state index contributed by atoms with van der Waals surface area (Å²) in [5, 5.41) is 3.95. The average molecular weight is 422 g/mol. The zero-order valence-electron chi connectivity index (χ0n) is 17.4. The normalized spacial score (nSPS) is 10.5. The number of rotatable bonds is 9. The van der Waals surface area contributed by atoms with Crippen LogP contribution in [0.4, 0.5) is 0 Å². The van der Waals surface area contributed by atoms with Crippen molar-refractivity contribution < 1.29 is 23.7 Å². The molecule has 0 aliphatic heterocycles. The summed E-state index contributed by atoms with van der Waals surface area (Å²) in [6.45, 7) is 2.49. The quantitative estimate of drug-likeness (QED) is 0.416. The Balaban J connectivity index is 1.64. The number of hydrogen-bond donors (Lipinski definition) is 1. The van der Waals surface area contributed by atoms with Gasteiger partial charge in [0.2, 0.25) is 5.88 Å². The van der Waals surface area contributed by atoms with Crippen molar-refractivity contribution in [2.75, 3.05) is 20.8 Å². The molecule has 0 aliphatic rings. The highest BCUT2D eigenvalue weighted by atomic mass is 16.5. The number of methoxy groups -OCH3 is 2. The van der Waals surface area contributed by atoms with Crippen LogP contribution in [0.15, 0.2) is 60.0 Å². The Morgan fingerprint density at radius 2 is 1.68 bits per heavy atom. The van der Waals surface area contributed by atoms with Crippen molar-refractivity contribution in [3.8, 4) is 28.9 Å². The molecule has 3 rings (SSSR count). The van der Waals surface area contributed by atoms with E-state index in [2.05, 4.69) is 20.5 Å². The molecule has 2 aromatic carbocycles. The maximum atomic E-state index is 12.4. The van der Waals surface area contributed by atoms with Crippen molar-refractivity contribution in [1.29, 1.82) is 0 Å². The molecule has 0 atom stereocenters. The molecular formula is C22H22N4O5. The molecule has 1 N–H and O–H groups in total. The highest BCUT2D eigenvalue weighted by molar-refractivity contribution is 5.93. The minimum absolute atomic E-state index is 0.0591. The lowest BCUT2D eigenvalue weighted by Crippen LogP contribution is -2.19. The van der Waals surface area contributed by atoms with Gasteiger partial charge in [-0.3, -0.25) is 9.78 Å². The monoisotopic (exact) mass is 422 g/mol. The number of aromatic nitrogens is 2. The molecule has 0 unspecified atom stereocenters. The van der Waals surface area contributed by atoms with Gasteiger partial charge < -0.3 is 18.9 Å². The number of amides is 1. The van der Waals surface area contributed by atoms with E-state index >= 15 is 0 Å². The second-order valence-corrected chi connectivity index (χ2v) is 6.09. The summed E-state index contributed by atoms with van der Waals surface area (Å²) in [4.78, 5) is 20.5. The van der Waals surface area contributed by atoms with E-state index in [1.807, 2.05) is 6.92 Å². The second-order valence-electron chi connectivity index (χ2n) is 6.09. The Morgan fingerprint density at radius 3 is 2.32 bits per heavy atom. The van der Waals surface area contributed by atoms with E-state index in [9.17, 15) is 4.79 Å². The number of hydrazone groups is 1. The number of carbonyl (C=O) groups is 1. The fourth-order valence-electron chi connectivity index (χ4n) is 2.52. The zero-order valence-corrected chi connectivity index (χ0v) is 17.4. The van der Waals surface area contributed by atoms with Gasteiger partial charge >= 0.3 is 0 Å². The van der Waals surface area contributed by atoms with Gasteiger partial charge in [0, 0.05) is 11.6 Å². The van der Waals surface area contributed by atoms with Crippen LogP contribution >= 0.6 is 0 Å². The largest absolute Gasteiger partial charge is 0.497 e. The van der Waals surface area contributed by atoms with Crippen molar-refractivity contribution in [1.82, 2.24) is 15.4 Å². The minimum Gasteiger partial charge on any atom is -0.497 e. The van der Waals surface area contributed by atoms with Gasteiger partial charge in [-0.25, -0.2) is 10.4 Å². The van der Waals surface area contributed by atoms with Crippen molar-refractivity contribution >= 4 is 12.1 Å². The number of carbonyl (C=O) groups excluding carboxylic acids is 1. The Kier molecular flexibility index (Phi) is 7.36. The molecule has 1 heterocycles. The standard InChI is InChI=1S/C22H22N4O5/c1-4-30-16-5-7-17(8-6-16)31-21-14-23-13-20(25-21)22(27)26-24-12-15-9-18(28-2)11-19(10-15)29-3/h5-14H,4H2,1-3H3,(H,26,27). The van der Waals surface area contributed by atoms with Gasteiger partial charge in [-0.1, -0.05) is 0 Å². The van der Waals surface area contributed by atoms with Crippen LogP contribution in [0.5, 0.6) is 28.9 Å². The summed E-state index contributed by atoms with van der Waals surface area (Å²) < 4.78 is 21.5. The maximum Gasteiger partial charge on any atom is 0.291 e. The van der Waals surface area contributed by atoms with Crippen LogP contribution in [0.3, 0.4) is 0 Å². The van der Waals surface area contributed by atoms with Crippen LogP contribution in [0.2, 0.25) is 0 Å². The predicted molar refractivity (Wildman–Crippen MR) is 114 cm³/mol. The highest BCUT2D eigenvalue weighted by Crippen LogP contribution is 2.23.